The lowest BCUT2D eigenvalue weighted by Gasteiger charge is -2.26. The Hall–Kier alpha value is -0.0800. The molecular formula is C15H34N2. The highest BCUT2D eigenvalue weighted by Gasteiger charge is 2.09. The average Bonchev–Trinajstić information content (AvgIpc) is 2.30. The summed E-state index contributed by atoms with van der Waals surface area (Å²) in [6.45, 7) is 16.3. The summed E-state index contributed by atoms with van der Waals surface area (Å²) in [5.74, 6) is 0.756. The molecule has 0 aromatic heterocycles. The first-order chi connectivity index (χ1) is 8.10. The van der Waals surface area contributed by atoms with Gasteiger partial charge in [-0.1, -0.05) is 47.5 Å². The molecule has 0 aliphatic rings. The Labute approximate surface area is 109 Å². The van der Waals surface area contributed by atoms with E-state index in [1.807, 2.05) is 0 Å². The van der Waals surface area contributed by atoms with Crippen molar-refractivity contribution in [1.82, 2.24) is 10.2 Å². The van der Waals surface area contributed by atoms with Crippen LogP contribution in [0.25, 0.3) is 0 Å². The van der Waals surface area contributed by atoms with Gasteiger partial charge in [0.25, 0.3) is 0 Å². The third-order valence-electron chi connectivity index (χ3n) is 3.10. The summed E-state index contributed by atoms with van der Waals surface area (Å²) in [6.07, 6.45) is 5.30. The first-order valence-electron chi connectivity index (χ1n) is 7.55. The van der Waals surface area contributed by atoms with Gasteiger partial charge in [-0.15, -0.1) is 0 Å². The van der Waals surface area contributed by atoms with Gasteiger partial charge in [-0.05, 0) is 38.4 Å². The van der Waals surface area contributed by atoms with Crippen molar-refractivity contribution in [2.75, 3.05) is 26.2 Å². The Morgan fingerprint density at radius 3 is 1.88 bits per heavy atom. The normalized spacial score (nSPS) is 13.6. The standard InChI is InChI=1S/C15H34N2/c1-6-8-10-17(11-9-7-2)13-15(5)12-16-14(3)4/h14-16H,6-13H2,1-5H3. The first kappa shape index (κ1) is 16.9. The highest BCUT2D eigenvalue weighted by Crippen LogP contribution is 2.04. The van der Waals surface area contributed by atoms with Gasteiger partial charge in [-0.2, -0.15) is 0 Å². The number of hydrogen-bond acceptors (Lipinski definition) is 2. The number of rotatable bonds is 11. The molecule has 0 heterocycles. The fourth-order valence-corrected chi connectivity index (χ4v) is 2.00. The molecule has 0 saturated carbocycles. The molecular weight excluding hydrogens is 208 g/mol. The number of unbranched alkanes of at least 4 members (excludes halogenated alkanes) is 2. The van der Waals surface area contributed by atoms with E-state index in [4.69, 9.17) is 0 Å². The van der Waals surface area contributed by atoms with Gasteiger partial charge in [0.05, 0.1) is 0 Å². The van der Waals surface area contributed by atoms with Gasteiger partial charge in [-0.3, -0.25) is 0 Å². The van der Waals surface area contributed by atoms with E-state index < -0.39 is 0 Å². The van der Waals surface area contributed by atoms with Crippen molar-refractivity contribution in [3.05, 3.63) is 0 Å². The van der Waals surface area contributed by atoms with Crippen LogP contribution in [0.1, 0.15) is 60.3 Å². The molecule has 0 rings (SSSR count). The van der Waals surface area contributed by atoms with Crippen molar-refractivity contribution >= 4 is 0 Å². The van der Waals surface area contributed by atoms with Crippen LogP contribution in [0.15, 0.2) is 0 Å². The van der Waals surface area contributed by atoms with Gasteiger partial charge >= 0.3 is 0 Å². The molecule has 0 fully saturated rings. The van der Waals surface area contributed by atoms with Crippen LogP contribution < -0.4 is 5.32 Å². The second-order valence-corrected chi connectivity index (χ2v) is 5.68. The molecule has 0 aliphatic heterocycles. The van der Waals surface area contributed by atoms with E-state index in [1.54, 1.807) is 0 Å². The predicted octanol–water partition coefficient (Wildman–Crippen LogP) is 3.52. The molecule has 0 spiro atoms. The zero-order valence-electron chi connectivity index (χ0n) is 12.8. The molecule has 17 heavy (non-hydrogen) atoms. The molecule has 0 bridgehead atoms. The smallest absolute Gasteiger partial charge is 0.00191 e. The van der Waals surface area contributed by atoms with Gasteiger partial charge in [0.1, 0.15) is 0 Å². The fourth-order valence-electron chi connectivity index (χ4n) is 2.00. The summed E-state index contributed by atoms with van der Waals surface area (Å²) in [4.78, 5) is 2.65. The SMILES string of the molecule is CCCCN(CCCC)CC(C)CNC(C)C. The van der Waals surface area contributed by atoms with Crippen molar-refractivity contribution in [1.29, 1.82) is 0 Å². The molecule has 0 aliphatic carbocycles. The summed E-state index contributed by atoms with van der Waals surface area (Å²) < 4.78 is 0. The number of nitrogens with one attached hydrogen (secondary N) is 1. The molecule has 1 unspecified atom stereocenters. The molecule has 2 heteroatoms. The molecule has 0 amide bonds. The lowest BCUT2D eigenvalue weighted by atomic mass is 10.1. The quantitative estimate of drug-likeness (QED) is 0.596. The average molecular weight is 242 g/mol. The molecule has 104 valence electrons. The van der Waals surface area contributed by atoms with Crippen molar-refractivity contribution in [2.24, 2.45) is 5.92 Å². The summed E-state index contributed by atoms with van der Waals surface area (Å²) in [7, 11) is 0. The van der Waals surface area contributed by atoms with E-state index >= 15 is 0 Å². The molecule has 1 N–H and O–H groups in total. The van der Waals surface area contributed by atoms with Crippen molar-refractivity contribution in [3.63, 3.8) is 0 Å². The highest BCUT2D eigenvalue weighted by atomic mass is 15.1. The van der Waals surface area contributed by atoms with Gasteiger partial charge in [0, 0.05) is 12.6 Å². The topological polar surface area (TPSA) is 15.3 Å². The Bertz CT molecular complexity index is 149. The van der Waals surface area contributed by atoms with E-state index in [-0.39, 0.29) is 0 Å². The number of nitrogens with zero attached hydrogens (tertiary/aromatic N) is 1. The van der Waals surface area contributed by atoms with Gasteiger partial charge < -0.3 is 10.2 Å². The van der Waals surface area contributed by atoms with Crippen molar-refractivity contribution < 1.29 is 0 Å². The van der Waals surface area contributed by atoms with Crippen molar-refractivity contribution in [3.8, 4) is 0 Å². The number of hydrogen-bond donors (Lipinski definition) is 1. The van der Waals surface area contributed by atoms with Crippen LogP contribution in [0.3, 0.4) is 0 Å². The van der Waals surface area contributed by atoms with Crippen LogP contribution in [0.2, 0.25) is 0 Å². The molecule has 0 radical (unpaired) electrons. The third-order valence-corrected chi connectivity index (χ3v) is 3.10. The largest absolute Gasteiger partial charge is 0.314 e. The summed E-state index contributed by atoms with van der Waals surface area (Å²) >= 11 is 0. The van der Waals surface area contributed by atoms with E-state index in [9.17, 15) is 0 Å². The molecule has 1 atom stereocenters. The van der Waals surface area contributed by atoms with Crippen LogP contribution >= 0.6 is 0 Å². The minimum absolute atomic E-state index is 0.609. The van der Waals surface area contributed by atoms with Gasteiger partial charge in [-0.25, -0.2) is 0 Å². The van der Waals surface area contributed by atoms with Gasteiger partial charge in [0.2, 0.25) is 0 Å². The highest BCUT2D eigenvalue weighted by molar-refractivity contribution is 4.66. The lowest BCUT2D eigenvalue weighted by Crippen LogP contribution is -2.36. The summed E-state index contributed by atoms with van der Waals surface area (Å²) in [5.41, 5.74) is 0. The first-order valence-corrected chi connectivity index (χ1v) is 7.55. The maximum atomic E-state index is 3.54. The second kappa shape index (κ2) is 11.0. The van der Waals surface area contributed by atoms with E-state index in [2.05, 4.69) is 44.8 Å². The Morgan fingerprint density at radius 2 is 1.47 bits per heavy atom. The van der Waals surface area contributed by atoms with E-state index in [0.29, 0.717) is 6.04 Å². The zero-order valence-corrected chi connectivity index (χ0v) is 12.8. The third kappa shape index (κ3) is 10.8. The van der Waals surface area contributed by atoms with Gasteiger partial charge in [0.15, 0.2) is 0 Å². The summed E-state index contributed by atoms with van der Waals surface area (Å²) in [6, 6.07) is 0.609. The van der Waals surface area contributed by atoms with Crippen LogP contribution in [0.5, 0.6) is 0 Å². The Morgan fingerprint density at radius 1 is 0.941 bits per heavy atom. The fraction of sp³-hybridized carbons (Fsp3) is 1.00. The maximum absolute atomic E-state index is 3.54. The minimum Gasteiger partial charge on any atom is -0.314 e. The molecule has 0 aromatic carbocycles. The van der Waals surface area contributed by atoms with E-state index in [0.717, 1.165) is 12.5 Å². The predicted molar refractivity (Wildman–Crippen MR) is 78.6 cm³/mol. The van der Waals surface area contributed by atoms with Crippen LogP contribution in [-0.4, -0.2) is 37.1 Å². The summed E-state index contributed by atoms with van der Waals surface area (Å²) in [5, 5.41) is 3.54. The minimum atomic E-state index is 0.609. The van der Waals surface area contributed by atoms with Crippen LogP contribution in [-0.2, 0) is 0 Å². The molecule has 2 nitrogen and oxygen atoms in total. The second-order valence-electron chi connectivity index (χ2n) is 5.68. The van der Waals surface area contributed by atoms with E-state index in [1.165, 1.54) is 45.3 Å². The van der Waals surface area contributed by atoms with Crippen LogP contribution in [0, 0.1) is 5.92 Å². The maximum Gasteiger partial charge on any atom is 0.00191 e. The molecule has 0 saturated heterocycles. The molecule has 0 aromatic rings. The Kier molecular flexibility index (Phi) is 11.0. The zero-order chi connectivity index (χ0) is 13.1. The Balaban J connectivity index is 3.84. The van der Waals surface area contributed by atoms with Crippen molar-refractivity contribution in [2.45, 2.75) is 66.3 Å². The van der Waals surface area contributed by atoms with Crippen LogP contribution in [0.4, 0.5) is 0 Å². The lowest BCUT2D eigenvalue weighted by molar-refractivity contribution is 0.226. The monoisotopic (exact) mass is 242 g/mol.